The van der Waals surface area contributed by atoms with E-state index in [1.807, 2.05) is 6.92 Å². The van der Waals surface area contributed by atoms with Gasteiger partial charge in [0.2, 0.25) is 0 Å². The molecular weight excluding hydrogens is 122 g/mol. The maximum absolute atomic E-state index is 11.0. The van der Waals surface area contributed by atoms with Crippen LogP contribution in [0.5, 0.6) is 0 Å². The second kappa shape index (κ2) is 15.7. The standard InChI is InChI=1S/C4H9F.C3H7F/c1-2-3-4-5;1-2-3-4/h2-4H2,1H3;2-3H2,1H3. The third-order valence-corrected chi connectivity index (χ3v) is 0.676. The molecule has 0 amide bonds. The normalized spacial score (nSPS) is 8.00. The van der Waals surface area contributed by atoms with Crippen molar-refractivity contribution in [2.75, 3.05) is 13.3 Å². The molecule has 0 spiro atoms. The van der Waals surface area contributed by atoms with Crippen molar-refractivity contribution < 1.29 is 8.78 Å². The van der Waals surface area contributed by atoms with E-state index < -0.39 is 0 Å². The van der Waals surface area contributed by atoms with Crippen molar-refractivity contribution in [1.29, 1.82) is 0 Å². The smallest absolute Gasteiger partial charge is 0.0894 e. The molecule has 0 aromatic rings. The molecule has 0 saturated heterocycles. The van der Waals surface area contributed by atoms with Gasteiger partial charge in [0.25, 0.3) is 0 Å². The minimum atomic E-state index is -0.181. The Morgan fingerprint density at radius 1 is 0.889 bits per heavy atom. The van der Waals surface area contributed by atoms with Crippen molar-refractivity contribution >= 4 is 0 Å². The summed E-state index contributed by atoms with van der Waals surface area (Å²) < 4.78 is 21.7. The van der Waals surface area contributed by atoms with Crippen molar-refractivity contribution in [2.45, 2.75) is 33.1 Å². The van der Waals surface area contributed by atoms with Crippen molar-refractivity contribution in [3.63, 3.8) is 0 Å². The lowest BCUT2D eigenvalue weighted by molar-refractivity contribution is 0.469. The summed E-state index contributed by atoms with van der Waals surface area (Å²) in [4.78, 5) is 0. The van der Waals surface area contributed by atoms with Crippen LogP contribution in [0.25, 0.3) is 0 Å². The highest BCUT2D eigenvalue weighted by Gasteiger charge is 1.71. The average molecular weight is 138 g/mol. The van der Waals surface area contributed by atoms with E-state index in [1.165, 1.54) is 0 Å². The number of hydrogen-bond acceptors (Lipinski definition) is 0. The first kappa shape index (κ1) is 11.6. The summed E-state index contributed by atoms with van der Waals surface area (Å²) in [5, 5.41) is 0. The maximum atomic E-state index is 11.0. The highest BCUT2D eigenvalue weighted by molar-refractivity contribution is 4.23. The Morgan fingerprint density at radius 3 is 1.33 bits per heavy atom. The molecule has 0 unspecified atom stereocenters. The molecule has 0 aliphatic heterocycles. The fraction of sp³-hybridized carbons (Fsp3) is 1.00. The summed E-state index contributed by atoms with van der Waals surface area (Å²) in [6, 6.07) is 0. The van der Waals surface area contributed by atoms with Gasteiger partial charge in [-0.3, -0.25) is 8.78 Å². The van der Waals surface area contributed by atoms with E-state index in [0.717, 1.165) is 12.8 Å². The van der Waals surface area contributed by atoms with Crippen LogP contribution in [0.1, 0.15) is 33.1 Å². The first-order valence-corrected chi connectivity index (χ1v) is 3.45. The van der Waals surface area contributed by atoms with E-state index >= 15 is 0 Å². The molecule has 0 aromatic carbocycles. The lowest BCUT2D eigenvalue weighted by atomic mass is 10.4. The van der Waals surface area contributed by atoms with Crippen molar-refractivity contribution in [2.24, 2.45) is 0 Å². The van der Waals surface area contributed by atoms with Crippen molar-refractivity contribution in [3.8, 4) is 0 Å². The largest absolute Gasteiger partial charge is 0.251 e. The summed E-state index contributed by atoms with van der Waals surface area (Å²) in [5.41, 5.74) is 0. The van der Waals surface area contributed by atoms with E-state index in [2.05, 4.69) is 0 Å². The van der Waals surface area contributed by atoms with Crippen LogP contribution in [0.3, 0.4) is 0 Å². The summed E-state index contributed by atoms with van der Waals surface area (Å²) >= 11 is 0. The Bertz CT molecular complexity index is 26.1. The molecular formula is C7H16F2. The highest BCUT2D eigenvalue weighted by atomic mass is 19.1. The molecule has 0 nitrogen and oxygen atoms in total. The molecule has 9 heavy (non-hydrogen) atoms. The van der Waals surface area contributed by atoms with Gasteiger partial charge in [-0.05, 0) is 12.8 Å². The SMILES string of the molecule is CCCCF.CCCF. The molecule has 2 heteroatoms. The number of alkyl halides is 2. The number of hydrogen-bond donors (Lipinski definition) is 0. The van der Waals surface area contributed by atoms with E-state index in [1.54, 1.807) is 6.92 Å². The zero-order valence-electron chi connectivity index (χ0n) is 6.29. The lowest BCUT2D eigenvalue weighted by Crippen LogP contribution is -1.67. The van der Waals surface area contributed by atoms with E-state index in [4.69, 9.17) is 0 Å². The zero-order chi connectivity index (χ0) is 7.54. The van der Waals surface area contributed by atoms with Crippen LogP contribution in [-0.4, -0.2) is 13.3 Å². The van der Waals surface area contributed by atoms with Gasteiger partial charge in [0.05, 0.1) is 13.3 Å². The molecule has 0 saturated carbocycles. The van der Waals surface area contributed by atoms with Gasteiger partial charge in [-0.2, -0.15) is 0 Å². The Balaban J connectivity index is 0. The van der Waals surface area contributed by atoms with Crippen LogP contribution in [-0.2, 0) is 0 Å². The van der Waals surface area contributed by atoms with Crippen LogP contribution >= 0.6 is 0 Å². The molecule has 0 aliphatic carbocycles. The second-order valence-electron chi connectivity index (χ2n) is 1.73. The van der Waals surface area contributed by atoms with Gasteiger partial charge in [0, 0.05) is 0 Å². The Kier molecular flexibility index (Phi) is 20.2. The van der Waals surface area contributed by atoms with Gasteiger partial charge >= 0.3 is 0 Å². The zero-order valence-corrected chi connectivity index (χ0v) is 6.29. The number of rotatable bonds is 3. The van der Waals surface area contributed by atoms with Gasteiger partial charge < -0.3 is 0 Å². The summed E-state index contributed by atoms with van der Waals surface area (Å²) in [5.74, 6) is 0. The predicted molar refractivity (Wildman–Crippen MR) is 37.1 cm³/mol. The molecule has 0 rings (SSSR count). The van der Waals surface area contributed by atoms with E-state index in [9.17, 15) is 8.78 Å². The first-order valence-electron chi connectivity index (χ1n) is 3.45. The van der Waals surface area contributed by atoms with Crippen LogP contribution in [0.2, 0.25) is 0 Å². The Labute approximate surface area is 56.3 Å². The Hall–Kier alpha value is -0.140. The monoisotopic (exact) mass is 138 g/mol. The van der Waals surface area contributed by atoms with Crippen molar-refractivity contribution in [1.82, 2.24) is 0 Å². The Morgan fingerprint density at radius 2 is 1.33 bits per heavy atom. The number of halogens is 2. The summed E-state index contributed by atoms with van der Waals surface area (Å²) in [7, 11) is 0. The molecule has 0 radical (unpaired) electrons. The predicted octanol–water partition coefficient (Wildman–Crippen LogP) is 3.12. The van der Waals surface area contributed by atoms with E-state index in [-0.39, 0.29) is 13.3 Å². The number of unbranched alkanes of at least 4 members (excludes halogenated alkanes) is 1. The molecule has 0 heterocycles. The first-order chi connectivity index (χ1) is 4.33. The van der Waals surface area contributed by atoms with Crippen LogP contribution in [0.15, 0.2) is 0 Å². The lowest BCUT2D eigenvalue weighted by Gasteiger charge is -1.76. The maximum Gasteiger partial charge on any atom is 0.0894 e. The summed E-state index contributed by atoms with van der Waals surface area (Å²) in [6.45, 7) is 3.44. The quantitative estimate of drug-likeness (QED) is 0.562. The molecule has 0 bridgehead atoms. The van der Waals surface area contributed by atoms with Gasteiger partial charge in [-0.1, -0.05) is 20.3 Å². The van der Waals surface area contributed by atoms with E-state index in [0.29, 0.717) is 6.42 Å². The molecule has 58 valence electrons. The van der Waals surface area contributed by atoms with Crippen molar-refractivity contribution in [3.05, 3.63) is 0 Å². The fourth-order valence-corrected chi connectivity index (χ4v) is 0.134. The topological polar surface area (TPSA) is 0 Å². The summed E-state index contributed by atoms with van der Waals surface area (Å²) in [6.07, 6.45) is 2.34. The highest BCUT2D eigenvalue weighted by Crippen LogP contribution is 1.83. The third kappa shape index (κ3) is 33.0. The second-order valence-corrected chi connectivity index (χ2v) is 1.73. The molecule has 0 atom stereocenters. The minimum absolute atomic E-state index is 0.156. The van der Waals surface area contributed by atoms with Crippen LogP contribution in [0.4, 0.5) is 8.78 Å². The van der Waals surface area contributed by atoms with Gasteiger partial charge in [0.15, 0.2) is 0 Å². The molecule has 0 N–H and O–H groups in total. The molecule has 0 aromatic heterocycles. The van der Waals surface area contributed by atoms with Gasteiger partial charge in [0.1, 0.15) is 0 Å². The molecule has 0 fully saturated rings. The fourth-order valence-electron chi connectivity index (χ4n) is 0.134. The molecule has 0 aliphatic rings. The van der Waals surface area contributed by atoms with Gasteiger partial charge in [-0.25, -0.2) is 0 Å². The van der Waals surface area contributed by atoms with Gasteiger partial charge in [-0.15, -0.1) is 0 Å². The third-order valence-electron chi connectivity index (χ3n) is 0.676. The minimum Gasteiger partial charge on any atom is -0.251 e. The van der Waals surface area contributed by atoms with Crippen LogP contribution < -0.4 is 0 Å². The average Bonchev–Trinajstić information content (AvgIpc) is 1.91. The van der Waals surface area contributed by atoms with Crippen LogP contribution in [0, 0.1) is 0 Å².